The molecule has 2 aromatic rings. The van der Waals surface area contributed by atoms with E-state index in [4.69, 9.17) is 0 Å². The molecule has 0 aliphatic carbocycles. The smallest absolute Gasteiger partial charge is 0.232 e. The van der Waals surface area contributed by atoms with E-state index < -0.39 is 27.6 Å². The average Bonchev–Trinajstić information content (AvgIpc) is 2.52. The number of hydrogen-bond donors (Lipinski definition) is 1. The van der Waals surface area contributed by atoms with Crippen molar-refractivity contribution in [2.45, 2.75) is 27.2 Å². The van der Waals surface area contributed by atoms with Gasteiger partial charge in [-0.25, -0.2) is 17.2 Å². The quantitative estimate of drug-likeness (QED) is 0.810. The van der Waals surface area contributed by atoms with Gasteiger partial charge in [0.2, 0.25) is 15.9 Å². The first kappa shape index (κ1) is 20.8. The molecule has 0 heterocycles. The van der Waals surface area contributed by atoms with Gasteiger partial charge in [0.15, 0.2) is 11.6 Å². The molecule has 0 aliphatic rings. The summed E-state index contributed by atoms with van der Waals surface area (Å²) in [4.78, 5) is 12.1. The first-order chi connectivity index (χ1) is 12.5. The van der Waals surface area contributed by atoms with Crippen molar-refractivity contribution in [3.63, 3.8) is 0 Å². The van der Waals surface area contributed by atoms with Crippen LogP contribution in [0.15, 0.2) is 30.3 Å². The molecule has 0 unspecified atom stereocenters. The molecule has 146 valence electrons. The second-order valence-corrected chi connectivity index (χ2v) is 8.42. The zero-order valence-electron chi connectivity index (χ0n) is 15.6. The van der Waals surface area contributed by atoms with Crippen LogP contribution in [0.1, 0.15) is 23.1 Å². The maximum Gasteiger partial charge on any atom is 0.232 e. The van der Waals surface area contributed by atoms with Crippen LogP contribution in [0.3, 0.4) is 0 Å². The van der Waals surface area contributed by atoms with Crippen LogP contribution < -0.4 is 9.62 Å². The first-order valence-corrected chi connectivity index (χ1v) is 10.1. The molecule has 1 amide bonds. The minimum absolute atomic E-state index is 0.0704. The number of anilines is 2. The third kappa shape index (κ3) is 5.26. The lowest BCUT2D eigenvalue weighted by Gasteiger charge is -2.26. The van der Waals surface area contributed by atoms with Gasteiger partial charge in [-0.3, -0.25) is 9.10 Å². The van der Waals surface area contributed by atoms with Gasteiger partial charge in [0.25, 0.3) is 0 Å². The summed E-state index contributed by atoms with van der Waals surface area (Å²) >= 11 is 0. The van der Waals surface area contributed by atoms with Gasteiger partial charge in [0, 0.05) is 24.7 Å². The van der Waals surface area contributed by atoms with Crippen LogP contribution in [0.25, 0.3) is 0 Å². The van der Waals surface area contributed by atoms with Crippen molar-refractivity contribution in [2.24, 2.45) is 0 Å². The zero-order valence-corrected chi connectivity index (χ0v) is 16.5. The Kier molecular flexibility index (Phi) is 6.20. The predicted molar refractivity (Wildman–Crippen MR) is 102 cm³/mol. The molecule has 0 spiro atoms. The van der Waals surface area contributed by atoms with E-state index in [0.717, 1.165) is 35.1 Å². The fourth-order valence-corrected chi connectivity index (χ4v) is 4.05. The number of carbonyl (C=O) groups excluding carboxylic acids is 1. The number of halogens is 2. The Morgan fingerprint density at radius 2 is 1.63 bits per heavy atom. The van der Waals surface area contributed by atoms with Crippen molar-refractivity contribution >= 4 is 27.3 Å². The Morgan fingerprint density at radius 1 is 1.04 bits per heavy atom. The highest BCUT2D eigenvalue weighted by atomic mass is 32.2. The lowest BCUT2D eigenvalue weighted by Crippen LogP contribution is -2.34. The second-order valence-electron chi connectivity index (χ2n) is 6.51. The fraction of sp³-hybridized carbons (Fsp3) is 0.316. The SMILES string of the molecule is Cc1cc(C)c(N(CCC(=O)Nc2ccc(F)c(F)c2)S(C)(=O)=O)c(C)c1. The Labute approximate surface area is 158 Å². The molecule has 0 bridgehead atoms. The molecule has 0 radical (unpaired) electrons. The molecule has 8 heteroatoms. The summed E-state index contributed by atoms with van der Waals surface area (Å²) in [6, 6.07) is 6.77. The monoisotopic (exact) mass is 396 g/mol. The number of hydrogen-bond acceptors (Lipinski definition) is 3. The topological polar surface area (TPSA) is 66.5 Å². The number of aryl methyl sites for hydroxylation is 3. The highest BCUT2D eigenvalue weighted by Gasteiger charge is 2.22. The molecule has 0 fully saturated rings. The molecule has 2 rings (SSSR count). The van der Waals surface area contributed by atoms with Gasteiger partial charge in [0.1, 0.15) is 0 Å². The van der Waals surface area contributed by atoms with E-state index in [1.54, 1.807) is 0 Å². The summed E-state index contributed by atoms with van der Waals surface area (Å²) in [5.41, 5.74) is 3.24. The number of sulfonamides is 1. The van der Waals surface area contributed by atoms with E-state index in [1.165, 1.54) is 10.4 Å². The van der Waals surface area contributed by atoms with Gasteiger partial charge in [-0.1, -0.05) is 17.7 Å². The van der Waals surface area contributed by atoms with Gasteiger partial charge >= 0.3 is 0 Å². The number of carbonyl (C=O) groups is 1. The third-order valence-electron chi connectivity index (χ3n) is 4.03. The normalized spacial score (nSPS) is 11.3. The Hall–Kier alpha value is -2.48. The standard InChI is InChI=1S/C19H22F2N2O3S/c1-12-9-13(2)19(14(3)10-12)23(27(4,25)26)8-7-18(24)22-15-5-6-16(20)17(21)11-15/h5-6,9-11H,7-8H2,1-4H3,(H,22,24). The van der Waals surface area contributed by atoms with Crippen molar-refractivity contribution < 1.29 is 22.0 Å². The molecular weight excluding hydrogens is 374 g/mol. The molecule has 0 aromatic heterocycles. The summed E-state index contributed by atoms with van der Waals surface area (Å²) in [7, 11) is -3.61. The highest BCUT2D eigenvalue weighted by molar-refractivity contribution is 7.92. The summed E-state index contributed by atoms with van der Waals surface area (Å²) < 4.78 is 51.9. The largest absolute Gasteiger partial charge is 0.326 e. The summed E-state index contributed by atoms with van der Waals surface area (Å²) in [6.07, 6.45) is 0.942. The molecule has 27 heavy (non-hydrogen) atoms. The second kappa shape index (κ2) is 8.04. The minimum atomic E-state index is -3.61. The van der Waals surface area contributed by atoms with Gasteiger partial charge in [0.05, 0.1) is 11.9 Å². The molecule has 2 aromatic carbocycles. The Balaban J connectivity index is 2.18. The molecule has 0 aliphatic heterocycles. The maximum absolute atomic E-state index is 13.2. The molecule has 1 N–H and O–H groups in total. The number of amides is 1. The van der Waals surface area contributed by atoms with Crippen LogP contribution >= 0.6 is 0 Å². The van der Waals surface area contributed by atoms with E-state index in [0.29, 0.717) is 5.69 Å². The van der Waals surface area contributed by atoms with Crippen molar-refractivity contribution in [2.75, 3.05) is 22.4 Å². The van der Waals surface area contributed by atoms with E-state index in [-0.39, 0.29) is 18.7 Å². The lowest BCUT2D eigenvalue weighted by atomic mass is 10.1. The summed E-state index contributed by atoms with van der Waals surface area (Å²) in [6.45, 7) is 5.48. The number of nitrogens with zero attached hydrogens (tertiary/aromatic N) is 1. The van der Waals surface area contributed by atoms with Crippen LogP contribution in [0.2, 0.25) is 0 Å². The van der Waals surface area contributed by atoms with Gasteiger partial charge in [-0.2, -0.15) is 0 Å². The predicted octanol–water partition coefficient (Wildman–Crippen LogP) is 3.68. The van der Waals surface area contributed by atoms with Gasteiger partial charge in [-0.05, 0) is 44.0 Å². The van der Waals surface area contributed by atoms with Crippen LogP contribution in [0, 0.1) is 32.4 Å². The van der Waals surface area contributed by atoms with Gasteiger partial charge in [-0.15, -0.1) is 0 Å². The van der Waals surface area contributed by atoms with Crippen molar-refractivity contribution in [1.82, 2.24) is 0 Å². The van der Waals surface area contributed by atoms with Crippen molar-refractivity contribution in [3.05, 3.63) is 58.7 Å². The van der Waals surface area contributed by atoms with Crippen LogP contribution in [-0.4, -0.2) is 27.1 Å². The fourth-order valence-electron chi connectivity index (χ4n) is 3.01. The lowest BCUT2D eigenvalue weighted by molar-refractivity contribution is -0.116. The molecule has 0 saturated heterocycles. The zero-order chi connectivity index (χ0) is 20.4. The van der Waals surface area contributed by atoms with Crippen LogP contribution in [0.4, 0.5) is 20.2 Å². The minimum Gasteiger partial charge on any atom is -0.326 e. The van der Waals surface area contributed by atoms with E-state index in [2.05, 4.69) is 5.32 Å². The van der Waals surface area contributed by atoms with Crippen molar-refractivity contribution in [3.8, 4) is 0 Å². The Morgan fingerprint density at radius 3 is 2.15 bits per heavy atom. The number of benzene rings is 2. The number of nitrogens with one attached hydrogen (secondary N) is 1. The van der Waals surface area contributed by atoms with E-state index in [9.17, 15) is 22.0 Å². The van der Waals surface area contributed by atoms with E-state index in [1.807, 2.05) is 32.9 Å². The molecule has 5 nitrogen and oxygen atoms in total. The molecule has 0 atom stereocenters. The van der Waals surface area contributed by atoms with Crippen LogP contribution in [0.5, 0.6) is 0 Å². The maximum atomic E-state index is 13.2. The third-order valence-corrected chi connectivity index (χ3v) is 5.20. The average molecular weight is 396 g/mol. The summed E-state index contributed by atoms with van der Waals surface area (Å²) in [5, 5.41) is 2.44. The van der Waals surface area contributed by atoms with Crippen LogP contribution in [-0.2, 0) is 14.8 Å². The Bertz CT molecular complexity index is 952. The first-order valence-electron chi connectivity index (χ1n) is 8.29. The van der Waals surface area contributed by atoms with E-state index >= 15 is 0 Å². The molecular formula is C19H22F2N2O3S. The molecule has 0 saturated carbocycles. The highest BCUT2D eigenvalue weighted by Crippen LogP contribution is 2.28. The van der Waals surface area contributed by atoms with Gasteiger partial charge < -0.3 is 5.32 Å². The number of rotatable bonds is 6. The van der Waals surface area contributed by atoms with Crippen molar-refractivity contribution in [1.29, 1.82) is 0 Å². The summed E-state index contributed by atoms with van der Waals surface area (Å²) in [5.74, 6) is -2.59.